The van der Waals surface area contributed by atoms with Crippen LogP contribution in [0, 0.1) is 41.2 Å². The second-order valence-electron chi connectivity index (χ2n) is 14.7. The summed E-state index contributed by atoms with van der Waals surface area (Å²) in [5.74, 6) is -1.94. The van der Waals surface area contributed by atoms with E-state index in [1.807, 2.05) is 0 Å². The first-order chi connectivity index (χ1) is 23.1. The van der Waals surface area contributed by atoms with Crippen LogP contribution in [0.2, 0.25) is 0 Å². The molecule has 2 N–H and O–H groups in total. The van der Waals surface area contributed by atoms with Crippen LogP contribution < -0.4 is 15.0 Å². The molecule has 48 heavy (non-hydrogen) atoms. The molecular formula is C37H35F4N5O2. The Morgan fingerprint density at radius 1 is 1.04 bits per heavy atom. The maximum atomic E-state index is 16.9. The Hall–Kier alpha value is -4.14. The predicted octanol–water partition coefficient (Wildman–Crippen LogP) is 6.10. The molecule has 1 aromatic heterocycles. The number of rotatable bonds is 7. The molecule has 2 bridgehead atoms. The van der Waals surface area contributed by atoms with Crippen molar-refractivity contribution in [3.63, 3.8) is 0 Å². The molecule has 4 heterocycles. The lowest BCUT2D eigenvalue weighted by Gasteiger charge is -2.38. The van der Waals surface area contributed by atoms with E-state index in [4.69, 9.17) is 16.1 Å². The van der Waals surface area contributed by atoms with Gasteiger partial charge in [-0.15, -0.1) is 6.42 Å². The summed E-state index contributed by atoms with van der Waals surface area (Å²) in [6.07, 6.45) is 9.56. The molecule has 11 heteroatoms. The maximum Gasteiger partial charge on any atom is 0.319 e. The lowest BCUT2D eigenvalue weighted by molar-refractivity contribution is -0.152. The Balaban J connectivity index is 1.11. The van der Waals surface area contributed by atoms with Crippen LogP contribution in [0.15, 0.2) is 36.4 Å². The number of anilines is 1. The maximum absolute atomic E-state index is 16.9. The van der Waals surface area contributed by atoms with Crippen molar-refractivity contribution in [3.05, 3.63) is 53.6 Å². The van der Waals surface area contributed by atoms with Gasteiger partial charge in [0.15, 0.2) is 5.82 Å². The second-order valence-corrected chi connectivity index (χ2v) is 14.7. The van der Waals surface area contributed by atoms with E-state index < -0.39 is 23.5 Å². The predicted molar refractivity (Wildman–Crippen MR) is 174 cm³/mol. The second kappa shape index (κ2) is 10.7. The summed E-state index contributed by atoms with van der Waals surface area (Å²) in [6, 6.07) is 9.72. The molecule has 0 radical (unpaired) electrons. The molecule has 3 aliphatic heterocycles. The zero-order valence-electron chi connectivity index (χ0n) is 26.3. The Morgan fingerprint density at radius 2 is 1.83 bits per heavy atom. The summed E-state index contributed by atoms with van der Waals surface area (Å²) >= 11 is 0. The summed E-state index contributed by atoms with van der Waals surface area (Å²) in [5.41, 5.74) is -0.0732. The van der Waals surface area contributed by atoms with E-state index in [0.717, 1.165) is 25.7 Å². The Kier molecular flexibility index (Phi) is 6.67. The fraction of sp³-hybridized carbons (Fsp3) is 0.459. The van der Waals surface area contributed by atoms with Crippen LogP contribution >= 0.6 is 0 Å². The molecule has 0 amide bonds. The molecule has 3 saturated heterocycles. The quantitative estimate of drug-likeness (QED) is 0.184. The van der Waals surface area contributed by atoms with Crippen LogP contribution in [0.25, 0.3) is 32.8 Å². The minimum atomic E-state index is -2.57. The van der Waals surface area contributed by atoms with E-state index in [-0.39, 0.29) is 70.2 Å². The highest BCUT2D eigenvalue weighted by Crippen LogP contribution is 2.54. The van der Waals surface area contributed by atoms with E-state index in [1.165, 1.54) is 18.2 Å². The van der Waals surface area contributed by atoms with Gasteiger partial charge in [0.1, 0.15) is 22.9 Å². The number of aromatic nitrogens is 2. The molecule has 4 atom stereocenters. The number of aromatic hydroxyl groups is 1. The van der Waals surface area contributed by atoms with E-state index in [2.05, 4.69) is 26.0 Å². The number of hydrogen-bond acceptors (Lipinski definition) is 7. The van der Waals surface area contributed by atoms with Gasteiger partial charge in [0, 0.05) is 84.5 Å². The average Bonchev–Trinajstić information content (AvgIpc) is 3.61. The first-order valence-corrected chi connectivity index (χ1v) is 16.8. The first-order valence-electron chi connectivity index (χ1n) is 16.8. The molecule has 0 spiro atoms. The Bertz CT molecular complexity index is 2020. The number of terminal acetylenes is 1. The lowest BCUT2D eigenvalue weighted by atomic mass is 9.72. The van der Waals surface area contributed by atoms with Gasteiger partial charge in [0.2, 0.25) is 0 Å². The monoisotopic (exact) mass is 657 g/mol. The molecule has 248 valence electrons. The van der Waals surface area contributed by atoms with E-state index in [0.29, 0.717) is 54.9 Å². The topological polar surface area (TPSA) is 73.8 Å². The van der Waals surface area contributed by atoms with Gasteiger partial charge in [-0.2, -0.15) is 9.97 Å². The van der Waals surface area contributed by atoms with Crippen molar-refractivity contribution in [2.24, 2.45) is 17.3 Å². The van der Waals surface area contributed by atoms with Crippen molar-refractivity contribution in [1.82, 2.24) is 20.2 Å². The molecule has 5 aliphatic rings. The zero-order chi connectivity index (χ0) is 32.9. The number of phenols is 1. The lowest BCUT2D eigenvalue weighted by Crippen LogP contribution is -2.51. The van der Waals surface area contributed by atoms with Gasteiger partial charge in [0.05, 0.1) is 12.2 Å². The van der Waals surface area contributed by atoms with Crippen molar-refractivity contribution in [2.75, 3.05) is 44.2 Å². The van der Waals surface area contributed by atoms with Crippen LogP contribution in [0.4, 0.5) is 23.4 Å². The number of halogens is 4. The smallest absolute Gasteiger partial charge is 0.319 e. The summed E-state index contributed by atoms with van der Waals surface area (Å²) in [6.45, 7) is 3.25. The van der Waals surface area contributed by atoms with E-state index >= 15 is 8.78 Å². The molecule has 4 aromatic rings. The standard InChI is InChI=1S/C37H35F4N5O2/c1-2-20-4-3-5-21-10-25(47)11-26(30(20)21)31-29(38)12-27-33(32(31)39)43-35(44-34(27)46-15-23-6-7-24(16-46)42-23)48-19-36(8-9-36)18-45-14-22-13-37(40,41)28(22)17-45/h1,3-5,10-12,22-24,28,42,47H,6-9,13-19H2. The number of hydrogen-bond donors (Lipinski definition) is 2. The third kappa shape index (κ3) is 4.86. The number of piperazine rings is 1. The zero-order valence-corrected chi connectivity index (χ0v) is 26.3. The number of fused-ring (bicyclic) bond motifs is 5. The van der Waals surface area contributed by atoms with E-state index in [1.54, 1.807) is 18.2 Å². The van der Waals surface area contributed by atoms with Gasteiger partial charge in [-0.05, 0) is 61.3 Å². The van der Waals surface area contributed by atoms with Gasteiger partial charge < -0.3 is 25.0 Å². The van der Waals surface area contributed by atoms with E-state index in [9.17, 15) is 13.9 Å². The highest BCUT2D eigenvalue weighted by Gasteiger charge is 2.60. The SMILES string of the molecule is C#Cc1cccc2cc(O)cc(-c3c(F)cc4c(N5CC6CCC(C5)N6)nc(OCC5(CN6CC7CC(F)(F)C7C6)CC5)nc4c3F)c12. The Morgan fingerprint density at radius 3 is 2.54 bits per heavy atom. The fourth-order valence-corrected chi connectivity index (χ4v) is 8.74. The number of benzene rings is 3. The highest BCUT2D eigenvalue weighted by atomic mass is 19.3. The van der Waals surface area contributed by atoms with Gasteiger partial charge >= 0.3 is 6.01 Å². The number of nitrogens with one attached hydrogen (secondary N) is 1. The summed E-state index contributed by atoms with van der Waals surface area (Å²) in [7, 11) is 0. The molecule has 9 rings (SSSR count). The first kappa shape index (κ1) is 30.0. The average molecular weight is 658 g/mol. The number of nitrogens with zero attached hydrogens (tertiary/aromatic N) is 4. The van der Waals surface area contributed by atoms with Gasteiger partial charge in [-0.1, -0.05) is 18.1 Å². The number of alkyl halides is 2. The van der Waals surface area contributed by atoms with Crippen molar-refractivity contribution in [1.29, 1.82) is 0 Å². The van der Waals surface area contributed by atoms with Crippen LogP contribution in [-0.4, -0.2) is 77.3 Å². The molecule has 3 aromatic carbocycles. The van der Waals surface area contributed by atoms with Crippen molar-refractivity contribution in [3.8, 4) is 35.2 Å². The molecule has 5 fully saturated rings. The molecule has 2 saturated carbocycles. The number of likely N-dealkylation sites (tertiary alicyclic amines) is 1. The summed E-state index contributed by atoms with van der Waals surface area (Å²) in [5, 5.41) is 15.4. The van der Waals surface area contributed by atoms with Crippen molar-refractivity contribution >= 4 is 27.5 Å². The van der Waals surface area contributed by atoms with Crippen LogP contribution in [0.3, 0.4) is 0 Å². The number of phenolic OH excluding ortho intramolecular Hbond substituents is 1. The largest absolute Gasteiger partial charge is 0.508 e. The van der Waals surface area contributed by atoms with Crippen LogP contribution in [0.5, 0.6) is 11.8 Å². The molecule has 4 unspecified atom stereocenters. The van der Waals surface area contributed by atoms with Crippen molar-refractivity contribution < 1.29 is 27.4 Å². The van der Waals surface area contributed by atoms with Gasteiger partial charge in [-0.3, -0.25) is 0 Å². The molecule has 7 nitrogen and oxygen atoms in total. The van der Waals surface area contributed by atoms with Crippen LogP contribution in [0.1, 0.15) is 37.7 Å². The third-order valence-corrected chi connectivity index (χ3v) is 11.4. The Labute approximate surface area is 275 Å². The molecular weight excluding hydrogens is 622 g/mol. The van der Waals surface area contributed by atoms with Crippen molar-refractivity contribution in [2.45, 2.75) is 50.1 Å². The third-order valence-electron chi connectivity index (χ3n) is 11.4. The van der Waals surface area contributed by atoms with Gasteiger partial charge in [-0.25, -0.2) is 17.6 Å². The number of ether oxygens (including phenoxy) is 1. The summed E-state index contributed by atoms with van der Waals surface area (Å²) in [4.78, 5) is 13.5. The van der Waals surface area contributed by atoms with Gasteiger partial charge in [0.25, 0.3) is 5.92 Å². The minimum Gasteiger partial charge on any atom is -0.508 e. The normalized spacial score (nSPS) is 26.8. The highest BCUT2D eigenvalue weighted by molar-refractivity contribution is 6.04. The minimum absolute atomic E-state index is 0.00998. The summed E-state index contributed by atoms with van der Waals surface area (Å²) < 4.78 is 67.5. The van der Waals surface area contributed by atoms with Crippen LogP contribution in [-0.2, 0) is 0 Å². The fourth-order valence-electron chi connectivity index (χ4n) is 8.74. The molecule has 2 aliphatic carbocycles.